The van der Waals surface area contributed by atoms with Gasteiger partial charge in [-0.2, -0.15) is 0 Å². The van der Waals surface area contributed by atoms with Crippen LogP contribution in [0, 0.1) is 6.92 Å². The predicted molar refractivity (Wildman–Crippen MR) is 71.8 cm³/mol. The van der Waals surface area contributed by atoms with Gasteiger partial charge in [-0.1, -0.05) is 22.0 Å². The third kappa shape index (κ3) is 4.13. The Morgan fingerprint density at radius 2 is 2.24 bits per heavy atom. The number of benzene rings is 1. The van der Waals surface area contributed by atoms with Gasteiger partial charge in [-0.15, -0.1) is 0 Å². The largest absolute Gasteiger partial charge is 0.351 e. The summed E-state index contributed by atoms with van der Waals surface area (Å²) in [6.45, 7) is 3.07. The molecule has 0 bridgehead atoms. The SMILES string of the molecule is Cc1ccc(Br)cc1CNC(=O)CNC1CC1. The molecule has 0 atom stereocenters. The highest BCUT2D eigenvalue weighted by molar-refractivity contribution is 9.10. The Hall–Kier alpha value is -0.870. The number of hydrogen-bond donors (Lipinski definition) is 2. The van der Waals surface area contributed by atoms with E-state index in [4.69, 9.17) is 0 Å². The summed E-state index contributed by atoms with van der Waals surface area (Å²) in [4.78, 5) is 11.6. The van der Waals surface area contributed by atoms with Crippen molar-refractivity contribution in [1.82, 2.24) is 10.6 Å². The maximum absolute atomic E-state index is 11.6. The molecule has 0 aliphatic heterocycles. The van der Waals surface area contributed by atoms with Gasteiger partial charge in [0.05, 0.1) is 6.54 Å². The monoisotopic (exact) mass is 296 g/mol. The Labute approximate surface area is 110 Å². The Balaban J connectivity index is 1.79. The van der Waals surface area contributed by atoms with E-state index in [1.807, 2.05) is 18.2 Å². The van der Waals surface area contributed by atoms with Crippen LogP contribution in [0.15, 0.2) is 22.7 Å². The highest BCUT2D eigenvalue weighted by Gasteiger charge is 2.20. The molecule has 0 heterocycles. The quantitative estimate of drug-likeness (QED) is 0.874. The van der Waals surface area contributed by atoms with Crippen molar-refractivity contribution in [3.63, 3.8) is 0 Å². The fourth-order valence-corrected chi connectivity index (χ4v) is 2.02. The average molecular weight is 297 g/mol. The van der Waals surface area contributed by atoms with Crippen molar-refractivity contribution in [2.24, 2.45) is 0 Å². The molecule has 0 spiro atoms. The summed E-state index contributed by atoms with van der Waals surface area (Å²) < 4.78 is 1.04. The Kier molecular flexibility index (Phi) is 4.18. The van der Waals surface area contributed by atoms with E-state index >= 15 is 0 Å². The van der Waals surface area contributed by atoms with Crippen LogP contribution in [0.2, 0.25) is 0 Å². The molecule has 1 aromatic rings. The van der Waals surface area contributed by atoms with Gasteiger partial charge in [-0.25, -0.2) is 0 Å². The van der Waals surface area contributed by atoms with Crippen molar-refractivity contribution >= 4 is 21.8 Å². The van der Waals surface area contributed by atoms with Crippen molar-refractivity contribution in [3.05, 3.63) is 33.8 Å². The predicted octanol–water partition coefficient (Wildman–Crippen LogP) is 2.13. The van der Waals surface area contributed by atoms with E-state index in [0.29, 0.717) is 19.1 Å². The maximum atomic E-state index is 11.6. The Morgan fingerprint density at radius 1 is 1.47 bits per heavy atom. The Bertz CT molecular complexity index is 416. The van der Waals surface area contributed by atoms with Crippen LogP contribution in [0.4, 0.5) is 0 Å². The van der Waals surface area contributed by atoms with Gasteiger partial charge in [0.25, 0.3) is 0 Å². The number of hydrogen-bond acceptors (Lipinski definition) is 2. The normalized spacial score (nSPS) is 14.7. The summed E-state index contributed by atoms with van der Waals surface area (Å²) in [7, 11) is 0. The molecule has 0 aromatic heterocycles. The standard InChI is InChI=1S/C13H17BrN2O/c1-9-2-3-11(14)6-10(9)7-16-13(17)8-15-12-4-5-12/h2-3,6,12,15H,4-5,7-8H2,1H3,(H,16,17). The lowest BCUT2D eigenvalue weighted by Gasteiger charge is -2.09. The average Bonchev–Trinajstić information content (AvgIpc) is 3.11. The summed E-state index contributed by atoms with van der Waals surface area (Å²) in [5, 5.41) is 6.13. The lowest BCUT2D eigenvalue weighted by atomic mass is 10.1. The zero-order valence-electron chi connectivity index (χ0n) is 9.92. The molecule has 92 valence electrons. The number of rotatable bonds is 5. The van der Waals surface area contributed by atoms with Gasteiger partial charge in [0, 0.05) is 17.1 Å². The lowest BCUT2D eigenvalue weighted by Crippen LogP contribution is -2.34. The van der Waals surface area contributed by atoms with Gasteiger partial charge in [0.15, 0.2) is 0 Å². The first kappa shape index (κ1) is 12.6. The van der Waals surface area contributed by atoms with Crippen molar-refractivity contribution in [3.8, 4) is 0 Å². The number of amides is 1. The number of nitrogens with one attached hydrogen (secondary N) is 2. The van der Waals surface area contributed by atoms with Crippen LogP contribution in [0.1, 0.15) is 24.0 Å². The molecule has 1 aromatic carbocycles. The molecule has 2 N–H and O–H groups in total. The minimum atomic E-state index is 0.0660. The zero-order valence-corrected chi connectivity index (χ0v) is 11.5. The molecule has 1 saturated carbocycles. The molecule has 0 radical (unpaired) electrons. The smallest absolute Gasteiger partial charge is 0.234 e. The fraction of sp³-hybridized carbons (Fsp3) is 0.462. The van der Waals surface area contributed by atoms with Crippen LogP contribution in [0.25, 0.3) is 0 Å². The first-order valence-corrected chi connectivity index (χ1v) is 6.69. The van der Waals surface area contributed by atoms with E-state index in [2.05, 4.69) is 33.5 Å². The van der Waals surface area contributed by atoms with Crippen LogP contribution in [-0.4, -0.2) is 18.5 Å². The van der Waals surface area contributed by atoms with Crippen LogP contribution < -0.4 is 10.6 Å². The molecule has 1 aliphatic carbocycles. The summed E-state index contributed by atoms with van der Waals surface area (Å²) >= 11 is 3.44. The lowest BCUT2D eigenvalue weighted by molar-refractivity contribution is -0.120. The van der Waals surface area contributed by atoms with E-state index in [1.54, 1.807) is 0 Å². The second-order valence-electron chi connectivity index (χ2n) is 4.50. The molecular formula is C13H17BrN2O. The van der Waals surface area contributed by atoms with Crippen molar-refractivity contribution in [1.29, 1.82) is 0 Å². The minimum Gasteiger partial charge on any atom is -0.351 e. The van der Waals surface area contributed by atoms with Gasteiger partial charge in [-0.05, 0) is 43.0 Å². The summed E-state index contributed by atoms with van der Waals surface area (Å²) in [5.41, 5.74) is 2.35. The van der Waals surface area contributed by atoms with Crippen LogP contribution in [0.3, 0.4) is 0 Å². The van der Waals surface area contributed by atoms with E-state index in [0.717, 1.165) is 10.0 Å². The van der Waals surface area contributed by atoms with Crippen LogP contribution in [-0.2, 0) is 11.3 Å². The molecule has 0 saturated heterocycles. The third-order valence-corrected chi connectivity index (χ3v) is 3.41. The van der Waals surface area contributed by atoms with Crippen LogP contribution in [0.5, 0.6) is 0 Å². The molecule has 1 aliphatic rings. The minimum absolute atomic E-state index is 0.0660. The van der Waals surface area contributed by atoms with E-state index in [9.17, 15) is 4.79 Å². The highest BCUT2D eigenvalue weighted by atomic mass is 79.9. The third-order valence-electron chi connectivity index (χ3n) is 2.92. The highest BCUT2D eigenvalue weighted by Crippen LogP contribution is 2.18. The van der Waals surface area contributed by atoms with Gasteiger partial charge in [-0.3, -0.25) is 4.79 Å². The molecule has 3 nitrogen and oxygen atoms in total. The van der Waals surface area contributed by atoms with Crippen molar-refractivity contribution in [2.45, 2.75) is 32.4 Å². The number of halogens is 1. The second kappa shape index (κ2) is 5.65. The fourth-order valence-electron chi connectivity index (χ4n) is 1.61. The second-order valence-corrected chi connectivity index (χ2v) is 5.42. The molecule has 0 unspecified atom stereocenters. The van der Waals surface area contributed by atoms with Gasteiger partial charge >= 0.3 is 0 Å². The van der Waals surface area contributed by atoms with Gasteiger partial charge in [0.2, 0.25) is 5.91 Å². The van der Waals surface area contributed by atoms with Gasteiger partial charge in [0.1, 0.15) is 0 Å². The molecule has 1 fully saturated rings. The molecule has 17 heavy (non-hydrogen) atoms. The van der Waals surface area contributed by atoms with Gasteiger partial charge < -0.3 is 10.6 Å². The summed E-state index contributed by atoms with van der Waals surface area (Å²) in [6.07, 6.45) is 2.41. The molecule has 2 rings (SSSR count). The van der Waals surface area contributed by atoms with Crippen molar-refractivity contribution < 1.29 is 4.79 Å². The topological polar surface area (TPSA) is 41.1 Å². The first-order valence-electron chi connectivity index (χ1n) is 5.90. The number of carbonyl (C=O) groups is 1. The van der Waals surface area contributed by atoms with E-state index in [1.165, 1.54) is 18.4 Å². The Morgan fingerprint density at radius 3 is 2.94 bits per heavy atom. The van der Waals surface area contributed by atoms with E-state index in [-0.39, 0.29) is 5.91 Å². The zero-order chi connectivity index (χ0) is 12.3. The first-order chi connectivity index (χ1) is 8.15. The summed E-state index contributed by atoms with van der Waals surface area (Å²) in [6, 6.07) is 6.68. The van der Waals surface area contributed by atoms with E-state index < -0.39 is 0 Å². The number of carbonyl (C=O) groups excluding carboxylic acids is 1. The van der Waals surface area contributed by atoms with Crippen molar-refractivity contribution in [2.75, 3.05) is 6.54 Å². The summed E-state index contributed by atoms with van der Waals surface area (Å²) in [5.74, 6) is 0.0660. The van der Waals surface area contributed by atoms with Crippen LogP contribution >= 0.6 is 15.9 Å². The molecule has 1 amide bonds. The maximum Gasteiger partial charge on any atom is 0.234 e. The number of aryl methyl sites for hydroxylation is 1. The molecular weight excluding hydrogens is 280 g/mol. The molecule has 4 heteroatoms.